The van der Waals surface area contributed by atoms with Gasteiger partial charge in [0.05, 0.1) is 12.6 Å². The Kier molecular flexibility index (Phi) is 3.58. The molecule has 1 aliphatic rings. The first-order valence-electron chi connectivity index (χ1n) is 7.24. The molecule has 3 rings (SSSR count). The Morgan fingerprint density at radius 2 is 2.20 bits per heavy atom. The lowest BCUT2D eigenvalue weighted by Crippen LogP contribution is -2.25. The van der Waals surface area contributed by atoms with E-state index < -0.39 is 0 Å². The molecular formula is C15H20N4O. The van der Waals surface area contributed by atoms with Crippen molar-refractivity contribution in [1.82, 2.24) is 14.8 Å². The van der Waals surface area contributed by atoms with Crippen molar-refractivity contribution < 1.29 is 4.74 Å². The Morgan fingerprint density at radius 1 is 1.35 bits per heavy atom. The summed E-state index contributed by atoms with van der Waals surface area (Å²) in [5.41, 5.74) is 1.18. The van der Waals surface area contributed by atoms with Crippen LogP contribution in [0.25, 0.3) is 0 Å². The molecule has 1 aromatic heterocycles. The third-order valence-electron chi connectivity index (χ3n) is 3.57. The summed E-state index contributed by atoms with van der Waals surface area (Å²) in [6.07, 6.45) is 1.84. The maximum atomic E-state index is 5.76. The van der Waals surface area contributed by atoms with Crippen LogP contribution in [0.15, 0.2) is 24.3 Å². The van der Waals surface area contributed by atoms with E-state index in [0.717, 1.165) is 36.9 Å². The maximum Gasteiger partial charge on any atom is 0.221 e. The summed E-state index contributed by atoms with van der Waals surface area (Å²) in [6, 6.07) is 8.41. The SMILES string of the molecule is CCOc1ccccc1C1CCNc2nc(CC)nn21. The van der Waals surface area contributed by atoms with Crippen molar-refractivity contribution >= 4 is 5.95 Å². The van der Waals surface area contributed by atoms with E-state index in [1.54, 1.807) is 0 Å². The summed E-state index contributed by atoms with van der Waals surface area (Å²) in [4.78, 5) is 4.52. The minimum atomic E-state index is 0.196. The fourth-order valence-corrected chi connectivity index (χ4v) is 2.63. The van der Waals surface area contributed by atoms with Gasteiger partial charge in [-0.25, -0.2) is 4.68 Å². The summed E-state index contributed by atoms with van der Waals surface area (Å²) in [6.45, 7) is 5.67. The van der Waals surface area contributed by atoms with Crippen molar-refractivity contribution in [2.24, 2.45) is 0 Å². The first kappa shape index (κ1) is 13.0. The second-order valence-corrected chi connectivity index (χ2v) is 4.85. The van der Waals surface area contributed by atoms with Crippen molar-refractivity contribution in [3.8, 4) is 5.75 Å². The molecule has 106 valence electrons. The number of benzene rings is 1. The molecule has 1 aromatic carbocycles. The van der Waals surface area contributed by atoms with Crippen LogP contribution < -0.4 is 10.1 Å². The van der Waals surface area contributed by atoms with Gasteiger partial charge in [-0.15, -0.1) is 0 Å². The average Bonchev–Trinajstić information content (AvgIpc) is 2.91. The number of ether oxygens (including phenoxy) is 1. The maximum absolute atomic E-state index is 5.76. The number of hydrogen-bond acceptors (Lipinski definition) is 4. The summed E-state index contributed by atoms with van der Waals surface area (Å²) >= 11 is 0. The second-order valence-electron chi connectivity index (χ2n) is 4.85. The zero-order valence-corrected chi connectivity index (χ0v) is 12.0. The van der Waals surface area contributed by atoms with Crippen LogP contribution in [0, 0.1) is 0 Å². The zero-order valence-electron chi connectivity index (χ0n) is 12.0. The molecule has 0 amide bonds. The van der Waals surface area contributed by atoms with Crippen LogP contribution in [0.3, 0.4) is 0 Å². The number of fused-ring (bicyclic) bond motifs is 1. The van der Waals surface area contributed by atoms with E-state index in [4.69, 9.17) is 4.74 Å². The highest BCUT2D eigenvalue weighted by Crippen LogP contribution is 2.33. The molecule has 5 nitrogen and oxygen atoms in total. The largest absolute Gasteiger partial charge is 0.494 e. The number of aryl methyl sites for hydroxylation is 1. The van der Waals surface area contributed by atoms with Crippen LogP contribution in [-0.2, 0) is 6.42 Å². The molecule has 1 unspecified atom stereocenters. The normalized spacial score (nSPS) is 17.4. The van der Waals surface area contributed by atoms with E-state index in [2.05, 4.69) is 34.5 Å². The van der Waals surface area contributed by atoms with Crippen LogP contribution >= 0.6 is 0 Å². The fraction of sp³-hybridized carbons (Fsp3) is 0.467. The average molecular weight is 272 g/mol. The predicted molar refractivity (Wildman–Crippen MR) is 78.3 cm³/mol. The predicted octanol–water partition coefficient (Wildman–Crippen LogP) is 2.64. The van der Waals surface area contributed by atoms with Gasteiger partial charge in [-0.2, -0.15) is 10.1 Å². The monoisotopic (exact) mass is 272 g/mol. The number of nitrogens with zero attached hydrogens (tertiary/aromatic N) is 3. The Bertz CT molecular complexity index is 593. The lowest BCUT2D eigenvalue weighted by Gasteiger charge is -2.26. The van der Waals surface area contributed by atoms with Crippen LogP contribution in [0.1, 0.15) is 37.7 Å². The summed E-state index contributed by atoms with van der Waals surface area (Å²) in [7, 11) is 0. The van der Waals surface area contributed by atoms with Crippen LogP contribution in [0.2, 0.25) is 0 Å². The lowest BCUT2D eigenvalue weighted by atomic mass is 10.0. The highest BCUT2D eigenvalue weighted by molar-refractivity contribution is 5.40. The number of aromatic nitrogens is 3. The van der Waals surface area contributed by atoms with Crippen LogP contribution in [0.5, 0.6) is 5.75 Å². The van der Waals surface area contributed by atoms with E-state index in [1.807, 2.05) is 23.7 Å². The Hall–Kier alpha value is -2.04. The van der Waals surface area contributed by atoms with Crippen LogP contribution in [0.4, 0.5) is 5.95 Å². The van der Waals surface area contributed by atoms with Crippen molar-refractivity contribution in [2.45, 2.75) is 32.7 Å². The quantitative estimate of drug-likeness (QED) is 0.929. The topological polar surface area (TPSA) is 52.0 Å². The number of anilines is 1. The second kappa shape index (κ2) is 5.53. The lowest BCUT2D eigenvalue weighted by molar-refractivity contribution is 0.328. The summed E-state index contributed by atoms with van der Waals surface area (Å²) in [5.74, 6) is 2.69. The van der Waals surface area contributed by atoms with Crippen molar-refractivity contribution in [2.75, 3.05) is 18.5 Å². The molecule has 1 aliphatic heterocycles. The van der Waals surface area contributed by atoms with Gasteiger partial charge in [0.25, 0.3) is 0 Å². The molecule has 0 bridgehead atoms. The van der Waals surface area contributed by atoms with Gasteiger partial charge >= 0.3 is 0 Å². The van der Waals surface area contributed by atoms with Gasteiger partial charge in [0.1, 0.15) is 5.75 Å². The number of hydrogen-bond donors (Lipinski definition) is 1. The van der Waals surface area contributed by atoms with Crippen molar-refractivity contribution in [3.63, 3.8) is 0 Å². The van der Waals surface area contributed by atoms with E-state index in [0.29, 0.717) is 6.61 Å². The minimum Gasteiger partial charge on any atom is -0.494 e. The molecule has 2 heterocycles. The van der Waals surface area contributed by atoms with Gasteiger partial charge in [-0.3, -0.25) is 0 Å². The third kappa shape index (κ3) is 2.24. The Labute approximate surface area is 119 Å². The van der Waals surface area contributed by atoms with Gasteiger partial charge in [0, 0.05) is 18.5 Å². The third-order valence-corrected chi connectivity index (χ3v) is 3.57. The number of rotatable bonds is 4. The smallest absolute Gasteiger partial charge is 0.221 e. The van der Waals surface area contributed by atoms with Gasteiger partial charge in [-0.05, 0) is 19.4 Å². The number of para-hydroxylation sites is 1. The van der Waals surface area contributed by atoms with E-state index in [1.165, 1.54) is 5.56 Å². The summed E-state index contributed by atoms with van der Waals surface area (Å²) in [5, 5.41) is 7.93. The standard InChI is InChI=1S/C15H20N4O/c1-3-14-17-15-16-10-9-12(19(15)18-14)11-7-5-6-8-13(11)20-4-2/h5-8,12H,3-4,9-10H2,1-2H3,(H,16,17,18). The molecule has 0 spiro atoms. The van der Waals surface area contributed by atoms with Gasteiger partial charge in [-0.1, -0.05) is 25.1 Å². The Morgan fingerprint density at radius 3 is 3.00 bits per heavy atom. The van der Waals surface area contributed by atoms with Crippen LogP contribution in [-0.4, -0.2) is 27.9 Å². The first-order valence-corrected chi connectivity index (χ1v) is 7.24. The molecule has 1 N–H and O–H groups in total. The molecular weight excluding hydrogens is 252 g/mol. The minimum absolute atomic E-state index is 0.196. The van der Waals surface area contributed by atoms with Gasteiger partial charge in [0.15, 0.2) is 5.82 Å². The van der Waals surface area contributed by atoms with E-state index >= 15 is 0 Å². The number of nitrogens with one attached hydrogen (secondary N) is 1. The molecule has 0 aliphatic carbocycles. The molecule has 0 fully saturated rings. The molecule has 2 aromatic rings. The summed E-state index contributed by atoms with van der Waals surface area (Å²) < 4.78 is 7.76. The van der Waals surface area contributed by atoms with E-state index in [-0.39, 0.29) is 6.04 Å². The zero-order chi connectivity index (χ0) is 13.9. The Balaban J connectivity index is 2.02. The molecule has 0 saturated carbocycles. The van der Waals surface area contributed by atoms with Gasteiger partial charge in [0.2, 0.25) is 5.95 Å². The first-order chi connectivity index (χ1) is 9.83. The highest BCUT2D eigenvalue weighted by atomic mass is 16.5. The fourth-order valence-electron chi connectivity index (χ4n) is 2.63. The molecule has 1 atom stereocenters. The van der Waals surface area contributed by atoms with Crippen molar-refractivity contribution in [3.05, 3.63) is 35.7 Å². The van der Waals surface area contributed by atoms with E-state index in [9.17, 15) is 0 Å². The highest BCUT2D eigenvalue weighted by Gasteiger charge is 2.26. The van der Waals surface area contributed by atoms with Gasteiger partial charge < -0.3 is 10.1 Å². The molecule has 0 radical (unpaired) electrons. The molecule has 20 heavy (non-hydrogen) atoms. The molecule has 0 saturated heterocycles. The van der Waals surface area contributed by atoms with Crippen molar-refractivity contribution in [1.29, 1.82) is 0 Å². The molecule has 5 heteroatoms.